The molecule has 0 aliphatic rings. The minimum atomic E-state index is 0.121. The van der Waals surface area contributed by atoms with Gasteiger partial charge in [0.2, 0.25) is 0 Å². The minimum Gasteiger partial charge on any atom is -0.348 e. The quantitative estimate of drug-likeness (QED) is 0.528. The average molecular weight is 340 g/mol. The van der Waals surface area contributed by atoms with Crippen LogP contribution in [0.3, 0.4) is 0 Å². The third-order valence-corrected chi connectivity index (χ3v) is 4.95. The molecule has 24 heavy (non-hydrogen) atoms. The lowest BCUT2D eigenvalue weighted by molar-refractivity contribution is 0.102. The van der Waals surface area contributed by atoms with Crippen molar-refractivity contribution in [1.29, 1.82) is 0 Å². The number of benzene rings is 1. The van der Waals surface area contributed by atoms with E-state index < -0.39 is 0 Å². The Kier molecular flexibility index (Phi) is 5.15. The largest absolute Gasteiger partial charge is 0.348 e. The summed E-state index contributed by atoms with van der Waals surface area (Å²) in [6.07, 6.45) is 2.40. The van der Waals surface area contributed by atoms with Crippen molar-refractivity contribution < 1.29 is 4.79 Å². The van der Waals surface area contributed by atoms with Gasteiger partial charge in [0.25, 0.3) is 0 Å². The number of H-pyrrole nitrogens is 1. The van der Waals surface area contributed by atoms with E-state index in [1.54, 1.807) is 0 Å². The number of hydrogen-bond donors (Lipinski definition) is 1. The van der Waals surface area contributed by atoms with E-state index in [1.807, 2.05) is 19.1 Å². The molecule has 124 valence electrons. The normalized spacial score (nSPS) is 10.9. The van der Waals surface area contributed by atoms with E-state index in [9.17, 15) is 4.79 Å². The summed E-state index contributed by atoms with van der Waals surface area (Å²) in [5, 5.41) is 7.22. The van der Waals surface area contributed by atoms with E-state index in [2.05, 4.69) is 50.9 Å². The molecule has 0 spiro atoms. The summed E-state index contributed by atoms with van der Waals surface area (Å²) in [4.78, 5) is 16.5. The zero-order valence-electron chi connectivity index (χ0n) is 13.8. The van der Waals surface area contributed by atoms with Gasteiger partial charge in [0.1, 0.15) is 6.33 Å². The molecule has 0 aliphatic heterocycles. The molecule has 0 fully saturated rings. The average Bonchev–Trinajstić information content (AvgIpc) is 3.21. The Morgan fingerprint density at radius 1 is 1.25 bits per heavy atom. The number of ketones is 1. The molecule has 0 unspecified atom stereocenters. The fourth-order valence-corrected chi connectivity index (χ4v) is 3.45. The van der Waals surface area contributed by atoms with Gasteiger partial charge in [-0.3, -0.25) is 9.89 Å². The van der Waals surface area contributed by atoms with E-state index >= 15 is 0 Å². The van der Waals surface area contributed by atoms with Crippen molar-refractivity contribution in [1.82, 2.24) is 19.7 Å². The predicted molar refractivity (Wildman–Crippen MR) is 95.5 cm³/mol. The van der Waals surface area contributed by atoms with E-state index in [1.165, 1.54) is 23.7 Å². The summed E-state index contributed by atoms with van der Waals surface area (Å²) in [7, 11) is 0. The van der Waals surface area contributed by atoms with Crippen LogP contribution in [0.25, 0.3) is 0 Å². The molecule has 2 aromatic heterocycles. The Balaban J connectivity index is 1.67. The van der Waals surface area contributed by atoms with E-state index in [0.29, 0.717) is 10.9 Å². The number of nitrogens with zero attached hydrogens (tertiary/aromatic N) is 3. The third kappa shape index (κ3) is 3.76. The smallest absolute Gasteiger partial charge is 0.183 e. The summed E-state index contributed by atoms with van der Waals surface area (Å²) >= 11 is 1.38. The van der Waals surface area contributed by atoms with E-state index in [-0.39, 0.29) is 5.78 Å². The van der Waals surface area contributed by atoms with Crippen molar-refractivity contribution in [2.24, 2.45) is 0 Å². The van der Waals surface area contributed by atoms with Crippen molar-refractivity contribution in [2.75, 3.05) is 5.75 Å². The molecule has 0 radical (unpaired) electrons. The number of nitrogens with one attached hydrogen (secondary N) is 1. The van der Waals surface area contributed by atoms with Gasteiger partial charge < -0.3 is 4.57 Å². The Morgan fingerprint density at radius 2 is 2.04 bits per heavy atom. The first-order valence-electron chi connectivity index (χ1n) is 7.87. The van der Waals surface area contributed by atoms with Crippen LogP contribution in [0.2, 0.25) is 0 Å². The summed E-state index contributed by atoms with van der Waals surface area (Å²) in [5.41, 5.74) is 4.26. The fraction of sp³-hybridized carbons (Fsp3) is 0.278. The Morgan fingerprint density at radius 3 is 2.75 bits per heavy atom. The molecule has 0 bridgehead atoms. The highest BCUT2D eigenvalue weighted by Gasteiger charge is 2.16. The molecule has 0 atom stereocenters. The van der Waals surface area contributed by atoms with Gasteiger partial charge in [-0.2, -0.15) is 5.10 Å². The molecular formula is C18H20N4OS. The summed E-state index contributed by atoms with van der Waals surface area (Å²) < 4.78 is 2.22. The maximum Gasteiger partial charge on any atom is 0.183 e. The van der Waals surface area contributed by atoms with Crippen LogP contribution >= 0.6 is 11.8 Å². The van der Waals surface area contributed by atoms with Crippen molar-refractivity contribution >= 4 is 17.5 Å². The second kappa shape index (κ2) is 7.49. The van der Waals surface area contributed by atoms with Crippen LogP contribution in [0.5, 0.6) is 0 Å². The van der Waals surface area contributed by atoms with Crippen molar-refractivity contribution in [3.05, 3.63) is 65.2 Å². The van der Waals surface area contributed by atoms with Crippen molar-refractivity contribution in [3.63, 3.8) is 0 Å². The van der Waals surface area contributed by atoms with Gasteiger partial charge in [0, 0.05) is 23.5 Å². The molecule has 0 saturated carbocycles. The topological polar surface area (TPSA) is 63.6 Å². The standard InChI is InChI=1S/C18H20N4OS/c1-13-10-16(17(23)11-24-18-19-12-20-21-18)14(2)22(13)9-8-15-6-4-3-5-7-15/h3-7,10,12H,8-9,11H2,1-2H3,(H,19,20,21). The maximum absolute atomic E-state index is 12.5. The Labute approximate surface area is 145 Å². The number of carbonyl (C=O) groups excluding carboxylic acids is 1. The van der Waals surface area contributed by atoms with Gasteiger partial charge in [-0.05, 0) is 31.9 Å². The lowest BCUT2D eigenvalue weighted by Crippen LogP contribution is -2.08. The van der Waals surface area contributed by atoms with Crippen LogP contribution in [0.4, 0.5) is 0 Å². The van der Waals surface area contributed by atoms with Gasteiger partial charge in [0.15, 0.2) is 10.9 Å². The number of thioether (sulfide) groups is 1. The summed E-state index contributed by atoms with van der Waals surface area (Å²) in [5.74, 6) is 0.480. The maximum atomic E-state index is 12.5. The molecule has 0 aliphatic carbocycles. The number of hydrogen-bond acceptors (Lipinski definition) is 4. The first kappa shape index (κ1) is 16.5. The fourth-order valence-electron chi connectivity index (χ4n) is 2.79. The lowest BCUT2D eigenvalue weighted by atomic mass is 10.1. The zero-order valence-corrected chi connectivity index (χ0v) is 14.6. The van der Waals surface area contributed by atoms with Gasteiger partial charge in [0.05, 0.1) is 5.75 Å². The van der Waals surface area contributed by atoms with Crippen LogP contribution in [0.15, 0.2) is 47.9 Å². The number of Topliss-reactive ketones (excluding diaryl/α,β-unsaturated/α-hetero) is 1. The number of aryl methyl sites for hydroxylation is 2. The number of aromatic nitrogens is 4. The molecule has 3 aromatic rings. The minimum absolute atomic E-state index is 0.121. The summed E-state index contributed by atoms with van der Waals surface area (Å²) in [6, 6.07) is 12.4. The van der Waals surface area contributed by atoms with Gasteiger partial charge in [-0.15, -0.1) is 0 Å². The molecule has 1 aromatic carbocycles. The molecule has 2 heterocycles. The number of rotatable bonds is 7. The number of carbonyl (C=O) groups is 1. The molecule has 0 amide bonds. The van der Waals surface area contributed by atoms with E-state index in [0.717, 1.165) is 29.9 Å². The third-order valence-electron chi connectivity index (χ3n) is 4.07. The van der Waals surface area contributed by atoms with Crippen molar-refractivity contribution in [2.45, 2.75) is 32.0 Å². The molecule has 1 N–H and O–H groups in total. The molecule has 3 rings (SSSR count). The Bertz CT molecular complexity index is 809. The summed E-state index contributed by atoms with van der Waals surface area (Å²) in [6.45, 7) is 4.95. The molecule has 0 saturated heterocycles. The molecule has 5 nitrogen and oxygen atoms in total. The van der Waals surface area contributed by atoms with Gasteiger partial charge >= 0.3 is 0 Å². The highest BCUT2D eigenvalue weighted by molar-refractivity contribution is 7.99. The monoisotopic (exact) mass is 340 g/mol. The Hall–Kier alpha value is -2.34. The van der Waals surface area contributed by atoms with Gasteiger partial charge in [-0.1, -0.05) is 42.1 Å². The van der Waals surface area contributed by atoms with E-state index in [4.69, 9.17) is 0 Å². The SMILES string of the molecule is Cc1cc(C(=O)CSc2ncn[nH]2)c(C)n1CCc1ccccc1. The lowest BCUT2D eigenvalue weighted by Gasteiger charge is -2.10. The second-order valence-electron chi connectivity index (χ2n) is 5.67. The molecule has 6 heteroatoms. The number of aromatic amines is 1. The predicted octanol–water partition coefficient (Wildman–Crippen LogP) is 3.44. The molecular weight excluding hydrogens is 320 g/mol. The first-order valence-corrected chi connectivity index (χ1v) is 8.85. The van der Waals surface area contributed by atoms with Crippen molar-refractivity contribution in [3.8, 4) is 0 Å². The van der Waals surface area contributed by atoms with Crippen LogP contribution in [0, 0.1) is 13.8 Å². The highest BCUT2D eigenvalue weighted by Crippen LogP contribution is 2.20. The highest BCUT2D eigenvalue weighted by atomic mass is 32.2. The van der Waals surface area contributed by atoms with Crippen LogP contribution in [-0.2, 0) is 13.0 Å². The van der Waals surface area contributed by atoms with Crippen LogP contribution < -0.4 is 0 Å². The van der Waals surface area contributed by atoms with Gasteiger partial charge in [-0.25, -0.2) is 4.98 Å². The van der Waals surface area contributed by atoms with Crippen LogP contribution in [0.1, 0.15) is 27.3 Å². The first-order chi connectivity index (χ1) is 11.6. The zero-order chi connectivity index (χ0) is 16.9. The van der Waals surface area contributed by atoms with Crippen LogP contribution in [-0.4, -0.2) is 31.3 Å². The second-order valence-corrected chi connectivity index (χ2v) is 6.64.